The first-order valence-electron chi connectivity index (χ1n) is 9.73. The van der Waals surface area contributed by atoms with Crippen LogP contribution in [0.3, 0.4) is 0 Å². The van der Waals surface area contributed by atoms with Crippen molar-refractivity contribution in [2.45, 2.75) is 52.1 Å². The second-order valence-electron chi connectivity index (χ2n) is 8.99. The van der Waals surface area contributed by atoms with Crippen molar-refractivity contribution in [3.8, 4) is 27.2 Å². The van der Waals surface area contributed by atoms with Gasteiger partial charge in [-0.25, -0.2) is 4.98 Å². The van der Waals surface area contributed by atoms with E-state index in [0.29, 0.717) is 26.6 Å². The van der Waals surface area contributed by atoms with Gasteiger partial charge in [-0.1, -0.05) is 30.3 Å². The van der Waals surface area contributed by atoms with Crippen LogP contribution in [0.15, 0.2) is 36.9 Å². The van der Waals surface area contributed by atoms with Crippen LogP contribution in [-0.4, -0.2) is 31.0 Å². The van der Waals surface area contributed by atoms with Gasteiger partial charge in [-0.2, -0.15) is 0 Å². The van der Waals surface area contributed by atoms with Crippen LogP contribution in [0.2, 0.25) is 0 Å². The van der Waals surface area contributed by atoms with Gasteiger partial charge in [0.1, 0.15) is 11.9 Å². The summed E-state index contributed by atoms with van der Waals surface area (Å²) in [6, 6.07) is 5.50. The van der Waals surface area contributed by atoms with E-state index in [0.717, 1.165) is 18.5 Å². The lowest BCUT2D eigenvalue weighted by Crippen LogP contribution is -2.35. The van der Waals surface area contributed by atoms with Crippen LogP contribution in [0, 0.1) is 10.8 Å². The van der Waals surface area contributed by atoms with Gasteiger partial charge in [0.15, 0.2) is 5.01 Å². The van der Waals surface area contributed by atoms with E-state index < -0.39 is 0 Å². The number of hydrogen-bond donors (Lipinski definition) is 1. The number of aromatic nitrogens is 4. The maximum atomic E-state index is 10.5. The number of ether oxygens (including phenoxy) is 1. The number of benzene rings is 1. The molecule has 2 bridgehead atoms. The summed E-state index contributed by atoms with van der Waals surface area (Å²) in [5.41, 5.74) is 2.30. The first kappa shape index (κ1) is 17.7. The van der Waals surface area contributed by atoms with Gasteiger partial charge in [-0.3, -0.25) is 0 Å². The van der Waals surface area contributed by atoms with Crippen molar-refractivity contribution in [2.24, 2.45) is 10.8 Å². The third kappa shape index (κ3) is 3.17. The molecule has 6 nitrogen and oxygen atoms in total. The zero-order chi connectivity index (χ0) is 19.4. The molecule has 2 aromatic heterocycles. The van der Waals surface area contributed by atoms with Gasteiger partial charge in [0, 0.05) is 18.5 Å². The molecule has 2 fully saturated rings. The van der Waals surface area contributed by atoms with Crippen molar-refractivity contribution < 1.29 is 9.84 Å². The zero-order valence-corrected chi connectivity index (χ0v) is 16.9. The molecule has 146 valence electrons. The fourth-order valence-corrected chi connectivity index (χ4v) is 5.99. The lowest BCUT2D eigenvalue weighted by Gasteiger charge is -2.39. The van der Waals surface area contributed by atoms with Crippen LogP contribution in [-0.2, 0) is 0 Å². The van der Waals surface area contributed by atoms with E-state index >= 15 is 0 Å². The molecular formula is C21H24N4O2S. The minimum atomic E-state index is 0.171. The Labute approximate surface area is 168 Å². The Kier molecular flexibility index (Phi) is 3.98. The summed E-state index contributed by atoms with van der Waals surface area (Å²) in [5.74, 6) is 0.171. The molecule has 0 aliphatic heterocycles. The number of hydrogen-bond acceptors (Lipinski definition) is 6. The molecule has 5 rings (SSSR count). The Morgan fingerprint density at radius 1 is 1.18 bits per heavy atom. The third-order valence-electron chi connectivity index (χ3n) is 6.31. The minimum absolute atomic E-state index is 0.171. The number of imidazole rings is 1. The van der Waals surface area contributed by atoms with E-state index in [4.69, 9.17) is 4.74 Å². The Bertz CT molecular complexity index is 984. The summed E-state index contributed by atoms with van der Waals surface area (Å²) < 4.78 is 8.09. The first-order valence-corrected chi connectivity index (χ1v) is 10.6. The Hall–Kier alpha value is -2.41. The van der Waals surface area contributed by atoms with Gasteiger partial charge in [0.2, 0.25) is 0 Å². The molecule has 3 aromatic rings. The average Bonchev–Trinajstić information content (AvgIpc) is 3.35. The van der Waals surface area contributed by atoms with Crippen molar-refractivity contribution in [2.75, 3.05) is 0 Å². The van der Waals surface area contributed by atoms with Crippen LogP contribution < -0.4 is 4.74 Å². The van der Waals surface area contributed by atoms with E-state index in [9.17, 15) is 5.11 Å². The number of aromatic hydroxyl groups is 1. The highest BCUT2D eigenvalue weighted by molar-refractivity contribution is 7.16. The van der Waals surface area contributed by atoms with Crippen LogP contribution >= 0.6 is 11.3 Å². The van der Waals surface area contributed by atoms with Crippen LogP contribution in [0.25, 0.3) is 16.3 Å². The van der Waals surface area contributed by atoms with E-state index in [-0.39, 0.29) is 11.9 Å². The molecule has 0 spiro atoms. The number of phenols is 1. The van der Waals surface area contributed by atoms with Gasteiger partial charge in [0.05, 0.1) is 17.6 Å². The van der Waals surface area contributed by atoms with Crippen molar-refractivity contribution >= 4 is 11.3 Å². The zero-order valence-electron chi connectivity index (χ0n) is 16.1. The summed E-state index contributed by atoms with van der Waals surface area (Å²) in [4.78, 5) is 4.04. The minimum Gasteiger partial charge on any atom is -0.507 e. The Morgan fingerprint density at radius 2 is 1.96 bits per heavy atom. The predicted octanol–water partition coefficient (Wildman–Crippen LogP) is 4.83. The second kappa shape index (κ2) is 6.30. The smallest absolute Gasteiger partial charge is 0.294 e. The Morgan fingerprint density at radius 3 is 2.64 bits per heavy atom. The summed E-state index contributed by atoms with van der Waals surface area (Å²) in [5, 5.41) is 20.2. The molecule has 1 aromatic carbocycles. The molecule has 2 saturated carbocycles. The predicted molar refractivity (Wildman–Crippen MR) is 108 cm³/mol. The van der Waals surface area contributed by atoms with Crippen molar-refractivity contribution in [1.82, 2.24) is 19.7 Å². The molecule has 2 heterocycles. The molecular weight excluding hydrogens is 372 g/mol. The SMILES string of the molecule is C[C@]12CC[C@](C)(C[C@@H](Oc3nnc(-c4ccc(-n5ccnc5)cc4O)s3)C1)C2. The maximum absolute atomic E-state index is 10.5. The molecule has 28 heavy (non-hydrogen) atoms. The number of nitrogens with zero attached hydrogens (tertiary/aromatic N) is 4. The van der Waals surface area contributed by atoms with Crippen molar-refractivity contribution in [3.63, 3.8) is 0 Å². The van der Waals surface area contributed by atoms with E-state index in [1.807, 2.05) is 22.9 Å². The van der Waals surface area contributed by atoms with E-state index in [1.54, 1.807) is 18.6 Å². The van der Waals surface area contributed by atoms with E-state index in [2.05, 4.69) is 29.0 Å². The van der Waals surface area contributed by atoms with Crippen LogP contribution in [0.4, 0.5) is 0 Å². The van der Waals surface area contributed by atoms with Gasteiger partial charge >= 0.3 is 0 Å². The molecule has 3 atom stereocenters. The lowest BCUT2D eigenvalue weighted by atomic mass is 9.70. The average molecular weight is 397 g/mol. The van der Waals surface area contributed by atoms with Crippen LogP contribution in [0.5, 0.6) is 10.9 Å². The Balaban J connectivity index is 1.34. The van der Waals surface area contributed by atoms with Crippen LogP contribution in [0.1, 0.15) is 46.0 Å². The highest BCUT2D eigenvalue weighted by Gasteiger charge is 2.49. The van der Waals surface area contributed by atoms with Gasteiger partial charge in [-0.05, 0) is 55.1 Å². The largest absolute Gasteiger partial charge is 0.507 e. The number of phenolic OH excluding ortho intramolecular Hbond substituents is 1. The number of rotatable bonds is 4. The fraction of sp³-hybridized carbons (Fsp3) is 0.476. The van der Waals surface area contributed by atoms with E-state index in [1.165, 1.54) is 30.6 Å². The highest BCUT2D eigenvalue weighted by atomic mass is 32.1. The molecule has 2 aliphatic rings. The summed E-state index contributed by atoms with van der Waals surface area (Å²) >= 11 is 1.39. The summed E-state index contributed by atoms with van der Waals surface area (Å²) in [6.07, 6.45) is 11.5. The third-order valence-corrected chi connectivity index (χ3v) is 7.16. The first-order chi connectivity index (χ1) is 13.4. The lowest BCUT2D eigenvalue weighted by molar-refractivity contribution is 0.0429. The number of fused-ring (bicyclic) bond motifs is 2. The monoisotopic (exact) mass is 396 g/mol. The summed E-state index contributed by atoms with van der Waals surface area (Å²) in [7, 11) is 0. The molecule has 7 heteroatoms. The standard InChI is InChI=1S/C21H24N4O2S/c1-20-5-6-21(2,12-20)11-15(10-20)27-19-24-23-18(28-19)16-4-3-14(9-17(16)26)25-8-7-22-13-25/h3-4,7-9,13,15,26H,5-6,10-12H2,1-2H3/t15-,20-,21+. The molecule has 0 saturated heterocycles. The van der Waals surface area contributed by atoms with Crippen molar-refractivity contribution in [1.29, 1.82) is 0 Å². The highest BCUT2D eigenvalue weighted by Crippen LogP contribution is 2.58. The molecule has 0 unspecified atom stereocenters. The topological polar surface area (TPSA) is 73.1 Å². The normalized spacial score (nSPS) is 29.1. The second-order valence-corrected chi connectivity index (χ2v) is 9.93. The van der Waals surface area contributed by atoms with Gasteiger partial charge in [0.25, 0.3) is 5.19 Å². The fourth-order valence-electron chi connectivity index (χ4n) is 5.20. The molecule has 0 radical (unpaired) electrons. The molecule has 1 N–H and O–H groups in total. The summed E-state index contributed by atoms with van der Waals surface area (Å²) in [6.45, 7) is 4.78. The van der Waals surface area contributed by atoms with Crippen molar-refractivity contribution in [3.05, 3.63) is 36.9 Å². The van der Waals surface area contributed by atoms with Gasteiger partial charge < -0.3 is 14.4 Å². The maximum Gasteiger partial charge on any atom is 0.294 e. The van der Waals surface area contributed by atoms with Gasteiger partial charge in [-0.15, -0.1) is 5.10 Å². The molecule has 0 amide bonds. The molecule has 2 aliphatic carbocycles. The quantitative estimate of drug-likeness (QED) is 0.683.